The molecule has 0 radical (unpaired) electrons. The van der Waals surface area contributed by atoms with Gasteiger partial charge in [-0.25, -0.2) is 8.42 Å². The molecule has 0 aliphatic heterocycles. The summed E-state index contributed by atoms with van der Waals surface area (Å²) in [5, 5.41) is 2.95. The van der Waals surface area contributed by atoms with Gasteiger partial charge in [0.15, 0.2) is 0 Å². The molecule has 1 heterocycles. The van der Waals surface area contributed by atoms with Crippen molar-refractivity contribution in [3.05, 3.63) is 48.4 Å². The normalized spacial score (nSPS) is 11.7. The van der Waals surface area contributed by atoms with Gasteiger partial charge < -0.3 is 9.73 Å². The summed E-state index contributed by atoms with van der Waals surface area (Å²) in [7, 11) is -0.179. The van der Waals surface area contributed by atoms with E-state index in [0.29, 0.717) is 5.76 Å². The van der Waals surface area contributed by atoms with Gasteiger partial charge in [-0.05, 0) is 36.4 Å². The molecule has 0 saturated heterocycles. The smallest absolute Gasteiger partial charge is 0.243 e. The second kappa shape index (κ2) is 5.46. The van der Waals surface area contributed by atoms with Crippen molar-refractivity contribution in [2.45, 2.75) is 11.4 Å². The Kier molecular flexibility index (Phi) is 3.92. The third-order valence-corrected chi connectivity index (χ3v) is 4.63. The van der Waals surface area contributed by atoms with E-state index in [1.165, 1.54) is 17.6 Å². The molecule has 6 heteroatoms. The van der Waals surface area contributed by atoms with Gasteiger partial charge in [0.1, 0.15) is 5.76 Å². The van der Waals surface area contributed by atoms with E-state index in [2.05, 4.69) is 5.32 Å². The van der Waals surface area contributed by atoms with Crippen molar-refractivity contribution in [2.75, 3.05) is 19.4 Å². The Balaban J connectivity index is 2.20. The highest BCUT2D eigenvalue weighted by Crippen LogP contribution is 2.19. The van der Waals surface area contributed by atoms with Crippen molar-refractivity contribution in [2.24, 2.45) is 0 Å². The van der Waals surface area contributed by atoms with Crippen LogP contribution in [0.4, 0.5) is 5.69 Å². The summed E-state index contributed by atoms with van der Waals surface area (Å²) < 4.78 is 31.1. The minimum atomic E-state index is -3.49. The highest BCUT2D eigenvalue weighted by atomic mass is 32.2. The number of sulfonamides is 1. The molecule has 1 aromatic carbocycles. The van der Waals surface area contributed by atoms with Crippen LogP contribution in [0, 0.1) is 0 Å². The maximum atomic E-state index is 12.3. The van der Waals surface area contributed by atoms with E-state index in [1.807, 2.05) is 0 Å². The number of anilines is 1. The largest absolute Gasteiger partial charge is 0.468 e. The van der Waals surface area contributed by atoms with Crippen molar-refractivity contribution >= 4 is 15.7 Å². The predicted molar refractivity (Wildman–Crippen MR) is 73.3 cm³/mol. The number of hydrogen-bond acceptors (Lipinski definition) is 4. The number of benzene rings is 1. The Morgan fingerprint density at radius 2 is 1.89 bits per heavy atom. The van der Waals surface area contributed by atoms with Crippen molar-refractivity contribution in [1.29, 1.82) is 0 Å². The quantitative estimate of drug-likeness (QED) is 0.911. The molecule has 2 aromatic rings. The third kappa shape index (κ3) is 2.97. The van der Waals surface area contributed by atoms with E-state index in [1.54, 1.807) is 43.4 Å². The van der Waals surface area contributed by atoms with Crippen LogP contribution in [0.1, 0.15) is 5.76 Å². The fourth-order valence-electron chi connectivity index (χ4n) is 1.68. The zero-order valence-electron chi connectivity index (χ0n) is 10.8. The summed E-state index contributed by atoms with van der Waals surface area (Å²) in [6, 6.07) is 10.1. The molecule has 19 heavy (non-hydrogen) atoms. The average Bonchev–Trinajstić information content (AvgIpc) is 2.91. The van der Waals surface area contributed by atoms with Crippen molar-refractivity contribution in [3.8, 4) is 0 Å². The Bertz CT molecular complexity index is 618. The second-order valence-electron chi connectivity index (χ2n) is 4.11. The highest BCUT2D eigenvalue weighted by molar-refractivity contribution is 7.89. The van der Waals surface area contributed by atoms with E-state index < -0.39 is 10.0 Å². The first-order valence-electron chi connectivity index (χ1n) is 5.80. The molecule has 0 saturated carbocycles. The molecule has 1 N–H and O–H groups in total. The molecule has 0 spiro atoms. The molecule has 0 unspecified atom stereocenters. The number of rotatable bonds is 5. The molecule has 102 valence electrons. The van der Waals surface area contributed by atoms with Crippen LogP contribution in [0.3, 0.4) is 0 Å². The highest BCUT2D eigenvalue weighted by Gasteiger charge is 2.21. The molecule has 5 nitrogen and oxygen atoms in total. The lowest BCUT2D eigenvalue weighted by atomic mass is 10.3. The molecule has 1 aromatic heterocycles. The molecule has 0 aliphatic rings. The van der Waals surface area contributed by atoms with Crippen LogP contribution >= 0.6 is 0 Å². The van der Waals surface area contributed by atoms with E-state index in [9.17, 15) is 8.42 Å². The molecule has 2 rings (SSSR count). The molecule has 0 fully saturated rings. The SMILES string of the molecule is CNc1ccc(S(=O)(=O)N(C)Cc2ccco2)cc1. The molecular formula is C13H16N2O3S. The molecule has 0 aliphatic carbocycles. The maximum Gasteiger partial charge on any atom is 0.243 e. The van der Waals surface area contributed by atoms with E-state index >= 15 is 0 Å². The van der Waals surface area contributed by atoms with Gasteiger partial charge in [0.05, 0.1) is 17.7 Å². The first-order valence-corrected chi connectivity index (χ1v) is 7.24. The van der Waals surface area contributed by atoms with Gasteiger partial charge in [0, 0.05) is 19.8 Å². The summed E-state index contributed by atoms with van der Waals surface area (Å²) in [5.41, 5.74) is 0.868. The second-order valence-corrected chi connectivity index (χ2v) is 6.16. The van der Waals surface area contributed by atoms with Gasteiger partial charge >= 0.3 is 0 Å². The minimum absolute atomic E-state index is 0.211. The number of hydrogen-bond donors (Lipinski definition) is 1. The van der Waals surface area contributed by atoms with Gasteiger partial charge in [-0.15, -0.1) is 0 Å². The Labute approximate surface area is 112 Å². The van der Waals surface area contributed by atoms with Crippen molar-refractivity contribution in [3.63, 3.8) is 0 Å². The molecule has 0 amide bonds. The number of nitrogens with zero attached hydrogens (tertiary/aromatic N) is 1. The number of furan rings is 1. The predicted octanol–water partition coefficient (Wildman–Crippen LogP) is 2.14. The van der Waals surface area contributed by atoms with Crippen LogP contribution in [-0.2, 0) is 16.6 Å². The number of nitrogens with one attached hydrogen (secondary N) is 1. The van der Waals surface area contributed by atoms with Gasteiger partial charge in [-0.2, -0.15) is 4.31 Å². The lowest BCUT2D eigenvalue weighted by Crippen LogP contribution is -2.26. The van der Waals surface area contributed by atoms with Crippen LogP contribution in [-0.4, -0.2) is 26.8 Å². The van der Waals surface area contributed by atoms with E-state index in [-0.39, 0.29) is 11.4 Å². The Morgan fingerprint density at radius 1 is 1.21 bits per heavy atom. The lowest BCUT2D eigenvalue weighted by molar-refractivity contribution is 0.406. The standard InChI is InChI=1S/C13H16N2O3S/c1-14-11-5-7-13(8-6-11)19(16,17)15(2)10-12-4-3-9-18-12/h3-9,14H,10H2,1-2H3. The van der Waals surface area contributed by atoms with E-state index in [0.717, 1.165) is 5.69 Å². The Morgan fingerprint density at radius 3 is 2.42 bits per heavy atom. The maximum absolute atomic E-state index is 12.3. The average molecular weight is 280 g/mol. The fourth-order valence-corrected chi connectivity index (χ4v) is 2.82. The van der Waals surface area contributed by atoms with Crippen molar-refractivity contribution in [1.82, 2.24) is 4.31 Å². The topological polar surface area (TPSA) is 62.6 Å². The lowest BCUT2D eigenvalue weighted by Gasteiger charge is -2.16. The minimum Gasteiger partial charge on any atom is -0.468 e. The van der Waals surface area contributed by atoms with Crippen LogP contribution in [0.5, 0.6) is 0 Å². The Hall–Kier alpha value is -1.79. The first kappa shape index (κ1) is 13.6. The van der Waals surface area contributed by atoms with Crippen LogP contribution in [0.25, 0.3) is 0 Å². The van der Waals surface area contributed by atoms with Gasteiger partial charge in [0.2, 0.25) is 10.0 Å². The zero-order chi connectivity index (χ0) is 13.9. The van der Waals surface area contributed by atoms with Gasteiger partial charge in [-0.1, -0.05) is 0 Å². The summed E-state index contributed by atoms with van der Waals surface area (Å²) in [5.74, 6) is 0.609. The first-order chi connectivity index (χ1) is 9.04. The summed E-state index contributed by atoms with van der Waals surface area (Å²) >= 11 is 0. The molecule has 0 bridgehead atoms. The summed E-state index contributed by atoms with van der Waals surface area (Å²) in [4.78, 5) is 0.264. The van der Waals surface area contributed by atoms with Crippen LogP contribution in [0.15, 0.2) is 52.0 Å². The molecular weight excluding hydrogens is 264 g/mol. The summed E-state index contributed by atoms with van der Waals surface area (Å²) in [6.45, 7) is 0.211. The third-order valence-electron chi connectivity index (χ3n) is 2.81. The monoisotopic (exact) mass is 280 g/mol. The summed E-state index contributed by atoms with van der Waals surface area (Å²) in [6.07, 6.45) is 1.53. The fraction of sp³-hybridized carbons (Fsp3) is 0.231. The van der Waals surface area contributed by atoms with Crippen molar-refractivity contribution < 1.29 is 12.8 Å². The van der Waals surface area contributed by atoms with Gasteiger partial charge in [-0.3, -0.25) is 0 Å². The zero-order valence-corrected chi connectivity index (χ0v) is 11.6. The van der Waals surface area contributed by atoms with Crippen LogP contribution in [0.2, 0.25) is 0 Å². The van der Waals surface area contributed by atoms with E-state index in [4.69, 9.17) is 4.42 Å². The molecule has 0 atom stereocenters. The van der Waals surface area contributed by atoms with Crippen LogP contribution < -0.4 is 5.32 Å². The van der Waals surface area contributed by atoms with Gasteiger partial charge in [0.25, 0.3) is 0 Å².